The van der Waals surface area contributed by atoms with Crippen LogP contribution >= 0.6 is 11.3 Å². The standard InChI is InChI=1S/C22H23N3O2S/c1-3-27-19-9-7-17(8-10-19)22-24-18(14-28-22)13-23-20-6-4-5-16-11-12-25(15(2)26)21(16)20/h4-10,14,23H,3,11-13H2,1-2H3. The van der Waals surface area contributed by atoms with E-state index in [1.165, 1.54) is 5.56 Å². The number of nitrogens with one attached hydrogen (secondary N) is 1. The van der Waals surface area contributed by atoms with Crippen LogP contribution in [0.4, 0.5) is 11.4 Å². The first-order valence-electron chi connectivity index (χ1n) is 9.47. The lowest BCUT2D eigenvalue weighted by molar-refractivity contribution is -0.116. The first-order valence-corrected chi connectivity index (χ1v) is 10.3. The fourth-order valence-electron chi connectivity index (χ4n) is 3.48. The molecule has 4 rings (SSSR count). The third-order valence-electron chi connectivity index (χ3n) is 4.80. The monoisotopic (exact) mass is 393 g/mol. The fourth-order valence-corrected chi connectivity index (χ4v) is 4.31. The normalized spacial score (nSPS) is 12.7. The lowest BCUT2D eigenvalue weighted by Crippen LogP contribution is -2.26. The molecule has 1 N–H and O–H groups in total. The zero-order valence-corrected chi connectivity index (χ0v) is 16.9. The van der Waals surface area contributed by atoms with E-state index in [4.69, 9.17) is 9.72 Å². The van der Waals surface area contributed by atoms with Crippen LogP contribution in [0.3, 0.4) is 0 Å². The van der Waals surface area contributed by atoms with E-state index in [1.807, 2.05) is 48.2 Å². The second kappa shape index (κ2) is 8.02. The van der Waals surface area contributed by atoms with Crippen LogP contribution in [0.1, 0.15) is 25.1 Å². The van der Waals surface area contributed by atoms with Gasteiger partial charge in [-0.25, -0.2) is 4.98 Å². The predicted octanol–water partition coefficient (Wildman–Crippen LogP) is 4.73. The second-order valence-corrected chi connectivity index (χ2v) is 7.55. The van der Waals surface area contributed by atoms with Crippen LogP contribution in [0.15, 0.2) is 47.8 Å². The first kappa shape index (κ1) is 18.5. The Morgan fingerprint density at radius 2 is 2.07 bits per heavy atom. The Morgan fingerprint density at radius 1 is 1.25 bits per heavy atom. The highest BCUT2D eigenvalue weighted by atomic mass is 32.1. The molecule has 5 nitrogen and oxygen atoms in total. The maximum Gasteiger partial charge on any atom is 0.223 e. The number of benzene rings is 2. The Morgan fingerprint density at radius 3 is 2.82 bits per heavy atom. The van der Waals surface area contributed by atoms with E-state index >= 15 is 0 Å². The highest BCUT2D eigenvalue weighted by molar-refractivity contribution is 7.13. The van der Waals surface area contributed by atoms with Crippen LogP contribution < -0.4 is 15.0 Å². The van der Waals surface area contributed by atoms with Gasteiger partial charge in [-0.3, -0.25) is 4.79 Å². The van der Waals surface area contributed by atoms with Crippen LogP contribution in [0, 0.1) is 0 Å². The molecule has 0 spiro atoms. The Hall–Kier alpha value is -2.86. The molecule has 1 aliphatic rings. The van der Waals surface area contributed by atoms with E-state index in [-0.39, 0.29) is 5.91 Å². The first-order chi connectivity index (χ1) is 13.7. The molecule has 0 radical (unpaired) electrons. The summed E-state index contributed by atoms with van der Waals surface area (Å²) < 4.78 is 5.50. The smallest absolute Gasteiger partial charge is 0.223 e. The van der Waals surface area contributed by atoms with Crippen LogP contribution in [0.2, 0.25) is 0 Å². The molecule has 0 saturated carbocycles. The summed E-state index contributed by atoms with van der Waals surface area (Å²) in [4.78, 5) is 18.5. The van der Waals surface area contributed by atoms with E-state index in [0.29, 0.717) is 13.2 Å². The molecule has 6 heteroatoms. The molecule has 1 amide bonds. The maximum absolute atomic E-state index is 11.9. The largest absolute Gasteiger partial charge is 0.494 e. The van der Waals surface area contributed by atoms with Gasteiger partial charge in [0.25, 0.3) is 0 Å². The van der Waals surface area contributed by atoms with Crippen molar-refractivity contribution in [3.05, 3.63) is 59.1 Å². The summed E-state index contributed by atoms with van der Waals surface area (Å²) >= 11 is 1.63. The molecule has 28 heavy (non-hydrogen) atoms. The number of hydrogen-bond donors (Lipinski definition) is 1. The number of anilines is 2. The number of hydrogen-bond acceptors (Lipinski definition) is 5. The van der Waals surface area contributed by atoms with Crippen molar-refractivity contribution in [1.82, 2.24) is 4.98 Å². The molecule has 0 atom stereocenters. The SMILES string of the molecule is CCOc1ccc(-c2nc(CNc3cccc4c3N(C(C)=O)CC4)cs2)cc1. The van der Waals surface area contributed by atoms with Gasteiger partial charge in [-0.1, -0.05) is 12.1 Å². The molecular formula is C22H23N3O2S. The molecule has 0 saturated heterocycles. The predicted molar refractivity (Wildman–Crippen MR) is 114 cm³/mol. The van der Waals surface area contributed by atoms with Crippen LogP contribution in [-0.4, -0.2) is 24.0 Å². The molecule has 2 heterocycles. The van der Waals surface area contributed by atoms with Crippen molar-refractivity contribution in [1.29, 1.82) is 0 Å². The number of carbonyl (C=O) groups excluding carboxylic acids is 1. The lowest BCUT2D eigenvalue weighted by Gasteiger charge is -2.19. The van der Waals surface area contributed by atoms with Crippen LogP contribution in [-0.2, 0) is 17.8 Å². The second-order valence-electron chi connectivity index (χ2n) is 6.69. The van der Waals surface area contributed by atoms with Gasteiger partial charge < -0.3 is 15.0 Å². The summed E-state index contributed by atoms with van der Waals surface area (Å²) in [5.74, 6) is 0.956. The number of rotatable bonds is 6. The Balaban J connectivity index is 1.47. The van der Waals surface area contributed by atoms with Gasteiger partial charge in [-0.05, 0) is 49.2 Å². The average molecular weight is 394 g/mol. The van der Waals surface area contributed by atoms with Gasteiger partial charge in [0.15, 0.2) is 0 Å². The molecule has 0 aliphatic carbocycles. The van der Waals surface area contributed by atoms with Crippen molar-refractivity contribution in [2.75, 3.05) is 23.4 Å². The van der Waals surface area contributed by atoms with Crippen molar-refractivity contribution >= 4 is 28.6 Å². The Labute approximate surface area is 169 Å². The van der Waals surface area contributed by atoms with E-state index in [1.54, 1.807) is 18.3 Å². The molecule has 3 aromatic rings. The van der Waals surface area contributed by atoms with E-state index in [0.717, 1.165) is 46.4 Å². The number of carbonyl (C=O) groups is 1. The Kier molecular flexibility index (Phi) is 5.30. The number of nitrogens with zero attached hydrogens (tertiary/aromatic N) is 2. The van der Waals surface area contributed by atoms with Crippen molar-refractivity contribution in [3.63, 3.8) is 0 Å². The van der Waals surface area contributed by atoms with Crippen molar-refractivity contribution in [3.8, 4) is 16.3 Å². The molecule has 0 fully saturated rings. The lowest BCUT2D eigenvalue weighted by atomic mass is 10.1. The summed E-state index contributed by atoms with van der Waals surface area (Å²) in [5, 5.41) is 6.53. The quantitative estimate of drug-likeness (QED) is 0.658. The van der Waals surface area contributed by atoms with E-state index in [2.05, 4.69) is 16.8 Å². The minimum atomic E-state index is 0.0828. The molecule has 144 valence electrons. The van der Waals surface area contributed by atoms with Gasteiger partial charge in [-0.15, -0.1) is 11.3 Å². The number of amides is 1. The molecule has 0 bridgehead atoms. The topological polar surface area (TPSA) is 54.5 Å². The number of para-hydroxylation sites is 1. The van der Waals surface area contributed by atoms with Gasteiger partial charge in [0.2, 0.25) is 5.91 Å². The molecule has 1 aliphatic heterocycles. The number of aromatic nitrogens is 1. The molecule has 2 aromatic carbocycles. The summed E-state index contributed by atoms with van der Waals surface area (Å²) in [7, 11) is 0. The summed E-state index contributed by atoms with van der Waals surface area (Å²) in [6.07, 6.45) is 0.906. The van der Waals surface area contributed by atoms with Crippen molar-refractivity contribution < 1.29 is 9.53 Å². The molecule has 1 aromatic heterocycles. The summed E-state index contributed by atoms with van der Waals surface area (Å²) in [6, 6.07) is 14.2. The zero-order chi connectivity index (χ0) is 19.5. The van der Waals surface area contributed by atoms with Gasteiger partial charge in [0.05, 0.1) is 30.2 Å². The van der Waals surface area contributed by atoms with Crippen molar-refractivity contribution in [2.24, 2.45) is 0 Å². The van der Waals surface area contributed by atoms with Crippen molar-refractivity contribution in [2.45, 2.75) is 26.8 Å². The van der Waals surface area contributed by atoms with E-state index < -0.39 is 0 Å². The number of ether oxygens (including phenoxy) is 1. The van der Waals surface area contributed by atoms with Gasteiger partial charge in [-0.2, -0.15) is 0 Å². The molecule has 0 unspecified atom stereocenters. The highest BCUT2D eigenvalue weighted by Crippen LogP contribution is 2.36. The van der Waals surface area contributed by atoms with Gasteiger partial charge in [0.1, 0.15) is 10.8 Å². The number of thiazole rings is 1. The average Bonchev–Trinajstić information content (AvgIpc) is 3.35. The summed E-state index contributed by atoms with van der Waals surface area (Å²) in [5.41, 5.74) is 5.29. The van der Waals surface area contributed by atoms with E-state index in [9.17, 15) is 4.79 Å². The van der Waals surface area contributed by atoms with Crippen LogP contribution in [0.25, 0.3) is 10.6 Å². The Bertz CT molecular complexity index is 982. The van der Waals surface area contributed by atoms with Gasteiger partial charge in [0, 0.05) is 24.4 Å². The minimum Gasteiger partial charge on any atom is -0.494 e. The third-order valence-corrected chi connectivity index (χ3v) is 5.74. The highest BCUT2D eigenvalue weighted by Gasteiger charge is 2.24. The third kappa shape index (κ3) is 3.73. The maximum atomic E-state index is 11.9. The van der Waals surface area contributed by atoms with Gasteiger partial charge >= 0.3 is 0 Å². The number of fused-ring (bicyclic) bond motifs is 1. The minimum absolute atomic E-state index is 0.0828. The van der Waals surface area contributed by atoms with Crippen LogP contribution in [0.5, 0.6) is 5.75 Å². The molecular weight excluding hydrogens is 370 g/mol. The zero-order valence-electron chi connectivity index (χ0n) is 16.1. The summed E-state index contributed by atoms with van der Waals surface area (Å²) in [6.45, 7) is 5.63. The fraction of sp³-hybridized carbons (Fsp3) is 0.273.